The van der Waals surface area contributed by atoms with Crippen molar-refractivity contribution < 1.29 is 23.9 Å². The molecule has 0 aliphatic carbocycles. The van der Waals surface area contributed by atoms with Crippen molar-refractivity contribution in [2.45, 2.75) is 33.2 Å². The number of anilines is 1. The minimum absolute atomic E-state index is 0.254. The van der Waals surface area contributed by atoms with E-state index in [0.717, 1.165) is 17.1 Å². The maximum absolute atomic E-state index is 12.6. The van der Waals surface area contributed by atoms with Crippen LogP contribution in [0.15, 0.2) is 30.3 Å². The Kier molecular flexibility index (Phi) is 7.59. The molecule has 0 fully saturated rings. The summed E-state index contributed by atoms with van der Waals surface area (Å²) < 4.78 is 11.8. The molecule has 0 bridgehead atoms. The maximum atomic E-state index is 12.6. The number of rotatable bonds is 9. The summed E-state index contributed by atoms with van der Waals surface area (Å²) in [5.74, 6) is -1.04. The predicted molar refractivity (Wildman–Crippen MR) is 111 cm³/mol. The van der Waals surface area contributed by atoms with E-state index in [4.69, 9.17) is 4.74 Å². The highest BCUT2D eigenvalue weighted by molar-refractivity contribution is 6.00. The lowest BCUT2D eigenvalue weighted by molar-refractivity contribution is -0.140. The van der Waals surface area contributed by atoms with E-state index in [1.54, 1.807) is 18.2 Å². The average Bonchev–Trinajstić information content (AvgIpc) is 2.99. The van der Waals surface area contributed by atoms with E-state index in [-0.39, 0.29) is 18.4 Å². The van der Waals surface area contributed by atoms with Crippen molar-refractivity contribution >= 4 is 23.4 Å². The fourth-order valence-corrected chi connectivity index (χ4v) is 3.10. The minimum atomic E-state index is -0.532. The monoisotopic (exact) mass is 400 g/mol. The number of aryl methyl sites for hydroxylation is 1. The van der Waals surface area contributed by atoms with Crippen molar-refractivity contribution in [2.24, 2.45) is 0 Å². The molecule has 1 heterocycles. The van der Waals surface area contributed by atoms with Gasteiger partial charge >= 0.3 is 11.9 Å². The quantitative estimate of drug-likeness (QED) is 0.475. The Labute approximate surface area is 171 Å². The van der Waals surface area contributed by atoms with Crippen LogP contribution in [0, 0.1) is 13.8 Å². The summed E-state index contributed by atoms with van der Waals surface area (Å²) in [5.41, 5.74) is 3.61. The van der Waals surface area contributed by atoms with Gasteiger partial charge in [-0.25, -0.2) is 4.79 Å². The molecule has 7 heteroatoms. The Bertz CT molecular complexity index is 881. The van der Waals surface area contributed by atoms with Gasteiger partial charge in [0.25, 0.3) is 0 Å². The molecule has 0 aliphatic heterocycles. The van der Waals surface area contributed by atoms with Gasteiger partial charge in [-0.2, -0.15) is 0 Å². The molecule has 2 rings (SSSR count). The number of hydrogen-bond donors (Lipinski definition) is 0. The highest BCUT2D eigenvalue weighted by Gasteiger charge is 2.18. The summed E-state index contributed by atoms with van der Waals surface area (Å²) in [6.07, 6.45) is 0.940. The molecule has 29 heavy (non-hydrogen) atoms. The lowest BCUT2D eigenvalue weighted by Crippen LogP contribution is -2.15. The molecule has 0 atom stereocenters. The Morgan fingerprint density at radius 3 is 2.31 bits per heavy atom. The Balaban J connectivity index is 1.97. The van der Waals surface area contributed by atoms with Crippen molar-refractivity contribution in [2.75, 3.05) is 32.7 Å². The highest BCUT2D eigenvalue weighted by atomic mass is 16.5. The van der Waals surface area contributed by atoms with Crippen molar-refractivity contribution in [1.82, 2.24) is 4.57 Å². The number of hydrogen-bond acceptors (Lipinski definition) is 6. The molecule has 0 aliphatic rings. The first-order valence-electron chi connectivity index (χ1n) is 9.45. The van der Waals surface area contributed by atoms with E-state index in [9.17, 15) is 14.4 Å². The van der Waals surface area contributed by atoms with Crippen LogP contribution in [-0.4, -0.2) is 50.1 Å². The van der Waals surface area contributed by atoms with E-state index in [0.29, 0.717) is 30.5 Å². The third-order valence-corrected chi connectivity index (χ3v) is 4.82. The second kappa shape index (κ2) is 9.91. The van der Waals surface area contributed by atoms with Crippen LogP contribution >= 0.6 is 0 Å². The number of esters is 2. The SMILES string of the molecule is COC(=O)CCCn1c(C)cc(C(=O)COC(=O)c2ccc(N(C)C)cc2)c1C. The van der Waals surface area contributed by atoms with Gasteiger partial charge < -0.3 is 18.9 Å². The van der Waals surface area contributed by atoms with Crippen LogP contribution in [0.5, 0.6) is 0 Å². The van der Waals surface area contributed by atoms with Crippen LogP contribution in [-0.2, 0) is 20.8 Å². The van der Waals surface area contributed by atoms with Gasteiger partial charge in [0, 0.05) is 49.7 Å². The van der Waals surface area contributed by atoms with Crippen molar-refractivity contribution in [3.05, 3.63) is 52.8 Å². The van der Waals surface area contributed by atoms with Crippen molar-refractivity contribution in [3.8, 4) is 0 Å². The summed E-state index contributed by atoms with van der Waals surface area (Å²) in [6.45, 7) is 4.04. The molecule has 0 unspecified atom stereocenters. The van der Waals surface area contributed by atoms with Crippen molar-refractivity contribution in [1.29, 1.82) is 0 Å². The van der Waals surface area contributed by atoms with Gasteiger partial charge in [0.15, 0.2) is 6.61 Å². The summed E-state index contributed by atoms with van der Waals surface area (Å²) in [7, 11) is 5.19. The summed E-state index contributed by atoms with van der Waals surface area (Å²) in [6, 6.07) is 8.78. The second-order valence-electron chi connectivity index (χ2n) is 7.06. The molecule has 1 aromatic carbocycles. The van der Waals surface area contributed by atoms with Crippen LogP contribution in [0.25, 0.3) is 0 Å². The molecule has 0 spiro atoms. The van der Waals surface area contributed by atoms with Gasteiger partial charge in [-0.15, -0.1) is 0 Å². The molecule has 0 saturated carbocycles. The normalized spacial score (nSPS) is 10.5. The molecule has 0 N–H and O–H groups in total. The van der Waals surface area contributed by atoms with Crippen LogP contribution in [0.2, 0.25) is 0 Å². The predicted octanol–water partition coefficient (Wildman–Crippen LogP) is 3.16. The number of aromatic nitrogens is 1. The third kappa shape index (κ3) is 5.70. The van der Waals surface area contributed by atoms with Gasteiger partial charge in [-0.1, -0.05) is 0 Å². The van der Waals surface area contributed by atoms with Crippen LogP contribution < -0.4 is 4.90 Å². The zero-order valence-corrected chi connectivity index (χ0v) is 17.7. The molecule has 0 saturated heterocycles. The molecule has 0 radical (unpaired) electrons. The lowest BCUT2D eigenvalue weighted by Gasteiger charge is -2.12. The topological polar surface area (TPSA) is 77.8 Å². The average molecular weight is 400 g/mol. The van der Waals surface area contributed by atoms with Gasteiger partial charge in [-0.05, 0) is 50.6 Å². The molecular formula is C22H28N2O5. The second-order valence-corrected chi connectivity index (χ2v) is 7.06. The van der Waals surface area contributed by atoms with Gasteiger partial charge in [0.05, 0.1) is 12.7 Å². The first-order valence-corrected chi connectivity index (χ1v) is 9.45. The number of carbonyl (C=O) groups is 3. The molecule has 1 aromatic heterocycles. The highest BCUT2D eigenvalue weighted by Crippen LogP contribution is 2.18. The summed E-state index contributed by atoms with van der Waals surface area (Å²) in [5, 5.41) is 0. The molecule has 156 valence electrons. The lowest BCUT2D eigenvalue weighted by atomic mass is 10.1. The first kappa shape index (κ1) is 22.2. The van der Waals surface area contributed by atoms with Gasteiger partial charge in [-0.3, -0.25) is 9.59 Å². The number of carbonyl (C=O) groups excluding carboxylic acids is 3. The van der Waals surface area contributed by atoms with Crippen molar-refractivity contribution in [3.63, 3.8) is 0 Å². The zero-order valence-electron chi connectivity index (χ0n) is 17.7. The Morgan fingerprint density at radius 1 is 1.07 bits per heavy atom. The number of Topliss-reactive ketones (excluding diaryl/α,β-unsaturated/α-hetero) is 1. The molecule has 0 amide bonds. The van der Waals surface area contributed by atoms with Gasteiger partial charge in [0.2, 0.25) is 5.78 Å². The smallest absolute Gasteiger partial charge is 0.338 e. The number of benzene rings is 1. The number of methoxy groups -OCH3 is 1. The molecule has 7 nitrogen and oxygen atoms in total. The largest absolute Gasteiger partial charge is 0.469 e. The number of nitrogens with zero attached hydrogens (tertiary/aromatic N) is 2. The number of ether oxygens (including phenoxy) is 2. The Hall–Kier alpha value is -3.09. The first-order chi connectivity index (χ1) is 13.7. The van der Waals surface area contributed by atoms with Crippen LogP contribution in [0.3, 0.4) is 0 Å². The van der Waals surface area contributed by atoms with E-state index in [1.165, 1.54) is 7.11 Å². The van der Waals surface area contributed by atoms with E-state index >= 15 is 0 Å². The minimum Gasteiger partial charge on any atom is -0.469 e. The van der Waals surface area contributed by atoms with Gasteiger partial charge in [0.1, 0.15) is 0 Å². The summed E-state index contributed by atoms with van der Waals surface area (Å²) in [4.78, 5) is 38.0. The fourth-order valence-electron chi connectivity index (χ4n) is 3.10. The standard InChI is InChI=1S/C22H28N2O5/c1-15-13-19(16(2)24(15)12-6-7-21(26)28-5)20(25)14-29-22(27)17-8-10-18(11-9-17)23(3)4/h8-11,13H,6-7,12,14H2,1-5H3. The zero-order chi connectivity index (χ0) is 21.6. The van der Waals surface area contributed by atoms with Crippen LogP contribution in [0.4, 0.5) is 5.69 Å². The van der Waals surface area contributed by atoms with E-state index < -0.39 is 5.97 Å². The summed E-state index contributed by atoms with van der Waals surface area (Å²) >= 11 is 0. The fraction of sp³-hybridized carbons (Fsp3) is 0.409. The Morgan fingerprint density at radius 2 is 1.72 bits per heavy atom. The maximum Gasteiger partial charge on any atom is 0.338 e. The molecular weight excluding hydrogens is 372 g/mol. The third-order valence-electron chi connectivity index (χ3n) is 4.82. The van der Waals surface area contributed by atoms with Crippen LogP contribution in [0.1, 0.15) is 44.9 Å². The van der Waals surface area contributed by atoms with E-state index in [2.05, 4.69) is 4.74 Å². The van der Waals surface area contributed by atoms with E-state index in [1.807, 2.05) is 49.5 Å². The number of ketones is 1. The molecule has 2 aromatic rings.